The molecule has 2 aliphatic carbocycles. The summed E-state index contributed by atoms with van der Waals surface area (Å²) >= 11 is -1.56. The van der Waals surface area contributed by atoms with Crippen LogP contribution in [0.3, 0.4) is 0 Å². The van der Waals surface area contributed by atoms with Gasteiger partial charge in [-0.3, -0.25) is 0 Å². The van der Waals surface area contributed by atoms with Crippen molar-refractivity contribution in [3.05, 3.63) is 119 Å². The Balaban J connectivity index is 0.000000124. The van der Waals surface area contributed by atoms with Crippen molar-refractivity contribution in [3.63, 3.8) is 0 Å². The quantitative estimate of drug-likeness (QED) is 0.161. The summed E-state index contributed by atoms with van der Waals surface area (Å²) in [6, 6.07) is 36.2. The van der Waals surface area contributed by atoms with Gasteiger partial charge in [-0.1, -0.05) is 70.8 Å². The fourth-order valence-corrected chi connectivity index (χ4v) is 5.90. The minimum Gasteiger partial charge on any atom is -0.179 e. The van der Waals surface area contributed by atoms with Crippen LogP contribution in [0.4, 0.5) is 0 Å². The van der Waals surface area contributed by atoms with Crippen LogP contribution in [0.5, 0.6) is 0 Å². The Kier molecular flexibility index (Phi) is 8.17. The molecule has 0 aromatic heterocycles. The largest absolute Gasteiger partial charge is 0.179 e. The maximum absolute atomic E-state index is 5.45. The molecule has 0 fully saturated rings. The summed E-state index contributed by atoms with van der Waals surface area (Å²) in [5, 5.41) is 0. The molecule has 0 saturated heterocycles. The number of hydrogen-bond acceptors (Lipinski definition) is 0. The van der Waals surface area contributed by atoms with Gasteiger partial charge in [-0.25, -0.2) is 0 Å². The van der Waals surface area contributed by atoms with Crippen molar-refractivity contribution in [3.8, 4) is 22.3 Å². The van der Waals surface area contributed by atoms with Gasteiger partial charge < -0.3 is 0 Å². The average Bonchev–Trinajstić information content (AvgIpc) is 3.38. The minimum atomic E-state index is -1.56. The number of halogens is 2. The molecule has 0 spiro atoms. The molecule has 6 rings (SSSR count). The summed E-state index contributed by atoms with van der Waals surface area (Å²) in [7, 11) is 10.9. The maximum Gasteiger partial charge on any atom is -0.0253 e. The van der Waals surface area contributed by atoms with Crippen LogP contribution in [0.1, 0.15) is 35.6 Å². The van der Waals surface area contributed by atoms with E-state index in [-0.39, 0.29) is 0 Å². The van der Waals surface area contributed by atoms with Crippen molar-refractivity contribution >= 4 is 22.9 Å². The topological polar surface area (TPSA) is 0 Å². The van der Waals surface area contributed by atoms with Crippen molar-refractivity contribution in [2.75, 3.05) is 0 Å². The molecule has 0 saturated carbocycles. The summed E-state index contributed by atoms with van der Waals surface area (Å²) in [5.41, 5.74) is 11.0. The predicted molar refractivity (Wildman–Crippen MR) is 135 cm³/mol. The van der Waals surface area contributed by atoms with E-state index in [4.69, 9.17) is 18.6 Å². The maximum atomic E-state index is 5.45. The van der Waals surface area contributed by atoms with Gasteiger partial charge in [0.1, 0.15) is 0 Å². The summed E-state index contributed by atoms with van der Waals surface area (Å²) in [6.07, 6.45) is 3.11. The Labute approximate surface area is 204 Å². The Morgan fingerprint density at radius 3 is 1.53 bits per heavy atom. The van der Waals surface area contributed by atoms with Gasteiger partial charge in [0.25, 0.3) is 0 Å². The summed E-state index contributed by atoms with van der Waals surface area (Å²) in [4.78, 5) is 0. The first-order chi connectivity index (χ1) is 15.7. The van der Waals surface area contributed by atoms with Gasteiger partial charge >= 0.3 is 51.6 Å². The summed E-state index contributed by atoms with van der Waals surface area (Å²) in [5.74, 6) is 0. The number of rotatable bonds is 1. The van der Waals surface area contributed by atoms with Crippen LogP contribution in [-0.2, 0) is 28.1 Å². The fraction of sp³-hybridized carbons (Fsp3) is 0.138. The van der Waals surface area contributed by atoms with Gasteiger partial charge in [0.2, 0.25) is 0 Å². The molecule has 0 bridgehead atoms. The zero-order valence-electron chi connectivity index (χ0n) is 18.0. The first-order valence-corrected chi connectivity index (χ1v) is 16.0. The van der Waals surface area contributed by atoms with E-state index in [0.717, 1.165) is 19.3 Å². The first-order valence-electron chi connectivity index (χ1n) is 10.8. The van der Waals surface area contributed by atoms with E-state index in [9.17, 15) is 0 Å². The molecule has 2 aliphatic rings. The Morgan fingerprint density at radius 2 is 1.12 bits per heavy atom. The van der Waals surface area contributed by atoms with Crippen LogP contribution in [0.2, 0.25) is 0 Å². The second-order valence-corrected chi connectivity index (χ2v) is 13.4. The third-order valence-electron chi connectivity index (χ3n) is 5.59. The molecule has 0 nitrogen and oxygen atoms in total. The van der Waals surface area contributed by atoms with Crippen LogP contribution >= 0.6 is 18.6 Å². The van der Waals surface area contributed by atoms with Crippen LogP contribution in [0.15, 0.2) is 84.9 Å². The standard InChI is InChI=1S/2C13H9.C3H6.2ClH.Ti/c2*1-3-7-12-10(5-1)9-11-6-2-4-8-13(11)12;1-3-2;;;/h2*1-5,7-8H,9H2;1H,3H2,2H3;2*1H;/q2*-1;;;;+2/p-2. The van der Waals surface area contributed by atoms with Gasteiger partial charge in [-0.15, -0.1) is 11.1 Å². The van der Waals surface area contributed by atoms with Crippen molar-refractivity contribution < 1.29 is 15.3 Å². The predicted octanol–water partition coefficient (Wildman–Crippen LogP) is 8.24. The Hall–Kier alpha value is -1.96. The molecule has 0 unspecified atom stereocenters. The average molecular weight is 491 g/mol. The van der Waals surface area contributed by atoms with Crippen molar-refractivity contribution in [1.82, 2.24) is 0 Å². The second kappa shape index (κ2) is 11.3. The monoisotopic (exact) mass is 490 g/mol. The van der Waals surface area contributed by atoms with Crippen molar-refractivity contribution in [2.24, 2.45) is 0 Å². The Morgan fingerprint density at radius 1 is 0.688 bits per heavy atom. The van der Waals surface area contributed by atoms with E-state index >= 15 is 0 Å². The van der Waals surface area contributed by atoms with Gasteiger partial charge in [-0.05, 0) is 12.8 Å². The molecular formula is C29H24Cl2Ti-2. The van der Waals surface area contributed by atoms with E-state index in [1.807, 2.05) is 23.4 Å². The molecule has 0 heterocycles. The number of fused-ring (bicyclic) bond motifs is 6. The SMILES string of the molecule is CC[CH]=[Ti]([Cl])[Cl].[c-]1cccc2c1Cc1ccccc1-2.[c-]1cccc2c1Cc1ccccc1-2. The first kappa shape index (κ1) is 23.2. The molecule has 4 aromatic rings. The van der Waals surface area contributed by atoms with Crippen LogP contribution in [0.25, 0.3) is 22.3 Å². The number of hydrogen-bond donors (Lipinski definition) is 0. The molecule has 4 aromatic carbocycles. The van der Waals surface area contributed by atoms with E-state index in [1.165, 1.54) is 44.5 Å². The molecule has 0 atom stereocenters. The summed E-state index contributed by atoms with van der Waals surface area (Å²) in [6.45, 7) is 2.04. The van der Waals surface area contributed by atoms with Crippen molar-refractivity contribution in [2.45, 2.75) is 26.2 Å². The summed E-state index contributed by atoms with van der Waals surface area (Å²) < 4.78 is 1.99. The molecule has 160 valence electrons. The molecule has 0 radical (unpaired) electrons. The van der Waals surface area contributed by atoms with E-state index in [0.29, 0.717) is 0 Å². The van der Waals surface area contributed by atoms with E-state index in [1.54, 1.807) is 0 Å². The van der Waals surface area contributed by atoms with E-state index < -0.39 is 15.3 Å². The van der Waals surface area contributed by atoms with Crippen molar-refractivity contribution in [1.29, 1.82) is 0 Å². The smallest absolute Gasteiger partial charge is 0.0253 e. The van der Waals surface area contributed by atoms with Gasteiger partial charge in [0, 0.05) is 0 Å². The van der Waals surface area contributed by atoms with Gasteiger partial charge in [-0.2, -0.15) is 59.7 Å². The van der Waals surface area contributed by atoms with E-state index in [2.05, 4.69) is 84.9 Å². The Bertz CT molecular complexity index is 1060. The molecular weight excluding hydrogens is 467 g/mol. The molecule has 3 heteroatoms. The minimum absolute atomic E-state index is 1.02. The molecule has 0 aliphatic heterocycles. The fourth-order valence-electron chi connectivity index (χ4n) is 4.15. The molecule has 0 N–H and O–H groups in total. The normalized spacial score (nSPS) is 11.5. The van der Waals surface area contributed by atoms with Crippen LogP contribution in [0, 0.1) is 12.1 Å². The van der Waals surface area contributed by atoms with Crippen LogP contribution in [-0.4, -0.2) is 4.31 Å². The van der Waals surface area contributed by atoms with Gasteiger partial charge in [0.05, 0.1) is 0 Å². The second-order valence-electron chi connectivity index (χ2n) is 7.69. The van der Waals surface area contributed by atoms with Crippen LogP contribution < -0.4 is 0 Å². The molecule has 0 amide bonds. The zero-order valence-corrected chi connectivity index (χ0v) is 21.1. The molecule has 32 heavy (non-hydrogen) atoms. The van der Waals surface area contributed by atoms with Gasteiger partial charge in [0.15, 0.2) is 0 Å². The third kappa shape index (κ3) is 5.50. The number of benzene rings is 4. The zero-order chi connectivity index (χ0) is 22.3. The third-order valence-corrected chi connectivity index (χ3v) is 7.98.